The zero-order chi connectivity index (χ0) is 20.9. The Morgan fingerprint density at radius 2 is 1.75 bits per heavy atom. The molecule has 28 heavy (non-hydrogen) atoms. The standard InChI is InChI=1S/C20H23NO6S/c1-13-5-10-17(28(4,24)25)11-18(13)20(23)27-14(2)19(22)21-12-15-6-8-16(26-3)9-7-15/h5-11,14H,12H2,1-4H3,(H,21,22)/t14-/m1/s1. The predicted molar refractivity (Wildman–Crippen MR) is 104 cm³/mol. The van der Waals surface area contributed by atoms with Gasteiger partial charge >= 0.3 is 5.97 Å². The number of aryl methyl sites for hydroxylation is 1. The Hall–Kier alpha value is -2.87. The second-order valence-electron chi connectivity index (χ2n) is 6.36. The zero-order valence-electron chi connectivity index (χ0n) is 16.2. The highest BCUT2D eigenvalue weighted by atomic mass is 32.2. The summed E-state index contributed by atoms with van der Waals surface area (Å²) < 4.78 is 33.7. The summed E-state index contributed by atoms with van der Waals surface area (Å²) in [5.41, 5.74) is 1.53. The van der Waals surface area contributed by atoms with E-state index in [1.165, 1.54) is 25.1 Å². The number of carbonyl (C=O) groups excluding carboxylic acids is 2. The van der Waals surface area contributed by atoms with Crippen molar-refractivity contribution in [1.29, 1.82) is 0 Å². The Balaban J connectivity index is 2.00. The topological polar surface area (TPSA) is 98.8 Å². The molecule has 0 spiro atoms. The fourth-order valence-corrected chi connectivity index (χ4v) is 3.05. The maximum Gasteiger partial charge on any atom is 0.339 e. The van der Waals surface area contributed by atoms with Gasteiger partial charge in [-0.2, -0.15) is 0 Å². The first-order chi connectivity index (χ1) is 13.1. The van der Waals surface area contributed by atoms with Crippen LogP contribution in [-0.4, -0.2) is 39.8 Å². The Morgan fingerprint density at radius 3 is 2.32 bits per heavy atom. The van der Waals surface area contributed by atoms with Gasteiger partial charge in [0.25, 0.3) is 5.91 Å². The number of methoxy groups -OCH3 is 1. The second-order valence-corrected chi connectivity index (χ2v) is 8.38. The summed E-state index contributed by atoms with van der Waals surface area (Å²) >= 11 is 0. The molecule has 1 atom stereocenters. The number of nitrogens with one attached hydrogen (secondary N) is 1. The highest BCUT2D eigenvalue weighted by molar-refractivity contribution is 7.90. The van der Waals surface area contributed by atoms with Crippen LogP contribution >= 0.6 is 0 Å². The van der Waals surface area contributed by atoms with Crippen molar-refractivity contribution in [3.63, 3.8) is 0 Å². The van der Waals surface area contributed by atoms with Crippen molar-refractivity contribution in [3.8, 4) is 5.75 Å². The summed E-state index contributed by atoms with van der Waals surface area (Å²) in [7, 11) is -1.89. The molecule has 0 saturated heterocycles. The largest absolute Gasteiger partial charge is 0.497 e. The molecule has 0 unspecified atom stereocenters. The van der Waals surface area contributed by atoms with E-state index in [0.29, 0.717) is 11.3 Å². The molecule has 0 radical (unpaired) electrons. The Morgan fingerprint density at radius 1 is 1.11 bits per heavy atom. The molecule has 0 heterocycles. The first kappa shape index (κ1) is 21.4. The number of sulfone groups is 1. The maximum atomic E-state index is 12.4. The third-order valence-electron chi connectivity index (χ3n) is 4.14. The maximum absolute atomic E-state index is 12.4. The summed E-state index contributed by atoms with van der Waals surface area (Å²) in [6, 6.07) is 11.4. The molecule has 2 rings (SSSR count). The molecule has 1 N–H and O–H groups in total. The molecule has 0 aromatic heterocycles. The lowest BCUT2D eigenvalue weighted by Gasteiger charge is -2.15. The molecule has 0 aliphatic carbocycles. The van der Waals surface area contributed by atoms with Crippen molar-refractivity contribution >= 4 is 21.7 Å². The van der Waals surface area contributed by atoms with E-state index in [2.05, 4.69) is 5.32 Å². The molecular weight excluding hydrogens is 382 g/mol. The van der Waals surface area contributed by atoms with Gasteiger partial charge in [0.05, 0.1) is 17.6 Å². The number of hydrogen-bond donors (Lipinski definition) is 1. The van der Waals surface area contributed by atoms with Crippen LogP contribution in [0.15, 0.2) is 47.4 Å². The molecule has 1 amide bonds. The van der Waals surface area contributed by atoms with Gasteiger partial charge in [-0.05, 0) is 49.2 Å². The van der Waals surface area contributed by atoms with Gasteiger partial charge in [-0.25, -0.2) is 13.2 Å². The molecule has 8 heteroatoms. The van der Waals surface area contributed by atoms with E-state index < -0.39 is 27.8 Å². The van der Waals surface area contributed by atoms with Crippen molar-refractivity contribution in [2.75, 3.05) is 13.4 Å². The number of esters is 1. The Bertz CT molecular complexity index is 967. The lowest BCUT2D eigenvalue weighted by atomic mass is 10.1. The van der Waals surface area contributed by atoms with Crippen molar-refractivity contribution in [1.82, 2.24) is 5.32 Å². The number of benzene rings is 2. The van der Waals surface area contributed by atoms with Crippen molar-refractivity contribution < 1.29 is 27.5 Å². The lowest BCUT2D eigenvalue weighted by Crippen LogP contribution is -2.35. The first-order valence-corrected chi connectivity index (χ1v) is 10.4. The van der Waals surface area contributed by atoms with Crippen LogP contribution in [-0.2, 0) is 25.9 Å². The normalized spacial score (nSPS) is 12.1. The number of carbonyl (C=O) groups is 2. The SMILES string of the molecule is COc1ccc(CNC(=O)[C@@H](C)OC(=O)c2cc(S(C)(=O)=O)ccc2C)cc1. The molecule has 0 aliphatic rings. The molecule has 2 aromatic carbocycles. The van der Waals surface area contributed by atoms with Crippen LogP contribution in [0.5, 0.6) is 5.75 Å². The van der Waals surface area contributed by atoms with E-state index in [-0.39, 0.29) is 17.0 Å². The highest BCUT2D eigenvalue weighted by Gasteiger charge is 2.21. The number of amides is 1. The first-order valence-electron chi connectivity index (χ1n) is 8.54. The summed E-state index contributed by atoms with van der Waals surface area (Å²) in [6.45, 7) is 3.39. The molecule has 7 nitrogen and oxygen atoms in total. The third-order valence-corrected chi connectivity index (χ3v) is 5.25. The van der Waals surface area contributed by atoms with Gasteiger partial charge in [-0.15, -0.1) is 0 Å². The van der Waals surface area contributed by atoms with Gasteiger partial charge in [0, 0.05) is 12.8 Å². The Labute approximate surface area is 164 Å². The van der Waals surface area contributed by atoms with Crippen LogP contribution in [0.3, 0.4) is 0 Å². The van der Waals surface area contributed by atoms with E-state index >= 15 is 0 Å². The average molecular weight is 405 g/mol. The van der Waals surface area contributed by atoms with E-state index in [1.54, 1.807) is 26.2 Å². The van der Waals surface area contributed by atoms with Gasteiger partial charge in [-0.3, -0.25) is 4.79 Å². The molecule has 0 fully saturated rings. The van der Waals surface area contributed by atoms with E-state index in [1.807, 2.05) is 12.1 Å². The third kappa shape index (κ3) is 5.56. The summed E-state index contributed by atoms with van der Waals surface area (Å²) in [4.78, 5) is 24.6. The Kier molecular flexibility index (Phi) is 6.80. The summed E-state index contributed by atoms with van der Waals surface area (Å²) in [6.07, 6.45) is 0.0224. The van der Waals surface area contributed by atoms with E-state index in [4.69, 9.17) is 9.47 Å². The molecule has 0 saturated carbocycles. The molecule has 0 bridgehead atoms. The van der Waals surface area contributed by atoms with Crippen LogP contribution < -0.4 is 10.1 Å². The van der Waals surface area contributed by atoms with Crippen LogP contribution in [0.4, 0.5) is 0 Å². The van der Waals surface area contributed by atoms with Crippen molar-refractivity contribution in [2.24, 2.45) is 0 Å². The minimum Gasteiger partial charge on any atom is -0.497 e. The summed E-state index contributed by atoms with van der Waals surface area (Å²) in [5.74, 6) is -0.500. The lowest BCUT2D eigenvalue weighted by molar-refractivity contribution is -0.129. The quantitative estimate of drug-likeness (QED) is 0.710. The van der Waals surface area contributed by atoms with Gasteiger partial charge in [0.2, 0.25) is 0 Å². The summed E-state index contributed by atoms with van der Waals surface area (Å²) in [5, 5.41) is 2.69. The average Bonchev–Trinajstić information content (AvgIpc) is 2.65. The van der Waals surface area contributed by atoms with Crippen molar-refractivity contribution in [3.05, 3.63) is 59.2 Å². The fraction of sp³-hybridized carbons (Fsp3) is 0.300. The zero-order valence-corrected chi connectivity index (χ0v) is 17.0. The van der Waals surface area contributed by atoms with Crippen LogP contribution in [0.25, 0.3) is 0 Å². The molecule has 2 aromatic rings. The smallest absolute Gasteiger partial charge is 0.339 e. The minimum absolute atomic E-state index is 0.0154. The predicted octanol–water partition coefficient (Wildman–Crippen LogP) is 2.27. The van der Waals surface area contributed by atoms with Gasteiger partial charge in [0.15, 0.2) is 15.9 Å². The second kappa shape index (κ2) is 8.88. The van der Waals surface area contributed by atoms with Crippen LogP contribution in [0, 0.1) is 6.92 Å². The number of hydrogen-bond acceptors (Lipinski definition) is 6. The van der Waals surface area contributed by atoms with Crippen LogP contribution in [0.1, 0.15) is 28.4 Å². The number of ether oxygens (including phenoxy) is 2. The molecule has 150 valence electrons. The minimum atomic E-state index is -3.46. The monoisotopic (exact) mass is 405 g/mol. The van der Waals surface area contributed by atoms with Crippen molar-refractivity contribution in [2.45, 2.75) is 31.4 Å². The van der Waals surface area contributed by atoms with Gasteiger partial charge in [0.1, 0.15) is 5.75 Å². The molecule has 0 aliphatic heterocycles. The van der Waals surface area contributed by atoms with E-state index in [9.17, 15) is 18.0 Å². The number of rotatable bonds is 7. The van der Waals surface area contributed by atoms with Gasteiger partial charge in [-0.1, -0.05) is 18.2 Å². The van der Waals surface area contributed by atoms with Crippen LogP contribution in [0.2, 0.25) is 0 Å². The van der Waals surface area contributed by atoms with E-state index in [0.717, 1.165) is 11.8 Å². The molecular formula is C20H23NO6S. The fourth-order valence-electron chi connectivity index (χ4n) is 2.41. The highest BCUT2D eigenvalue weighted by Crippen LogP contribution is 2.17. The van der Waals surface area contributed by atoms with Gasteiger partial charge < -0.3 is 14.8 Å².